The van der Waals surface area contributed by atoms with Crippen LogP contribution < -0.4 is 16.0 Å². The predicted octanol–water partition coefficient (Wildman–Crippen LogP) is 5.38. The maximum atomic E-state index is 12.2. The summed E-state index contributed by atoms with van der Waals surface area (Å²) in [7, 11) is -3.30. The van der Waals surface area contributed by atoms with E-state index in [1.807, 2.05) is 48.5 Å². The maximum Gasteiger partial charge on any atom is 0.221 e. The standard InChI is InChI=1S/C26H25N5O3S/c1-3-35(33,34)24-9-5-8-23(15-24)31-26-16-25(27-17-28-26)30-22-7-4-6-20(14-22)19-10-12-21(13-11-19)29-18(2)32/h4-17H,3H2,1-2H3,(H,29,32)(H2,27,28,30,31). The molecule has 4 rings (SSSR count). The Morgan fingerprint density at radius 1 is 0.771 bits per heavy atom. The van der Waals surface area contributed by atoms with Crippen LogP contribution in [0.4, 0.5) is 28.7 Å². The van der Waals surface area contributed by atoms with Crippen LogP contribution in [0.5, 0.6) is 0 Å². The highest BCUT2D eigenvalue weighted by atomic mass is 32.2. The smallest absolute Gasteiger partial charge is 0.221 e. The number of carbonyl (C=O) groups is 1. The third-order valence-electron chi connectivity index (χ3n) is 5.19. The number of nitrogens with zero attached hydrogens (tertiary/aromatic N) is 2. The molecule has 9 heteroatoms. The topological polar surface area (TPSA) is 113 Å². The molecule has 3 N–H and O–H groups in total. The van der Waals surface area contributed by atoms with Crippen LogP contribution in [0.25, 0.3) is 11.1 Å². The van der Waals surface area contributed by atoms with Gasteiger partial charge in [-0.15, -0.1) is 0 Å². The average Bonchev–Trinajstić information content (AvgIpc) is 2.85. The second kappa shape index (κ2) is 10.4. The Labute approximate surface area is 204 Å². The van der Waals surface area contributed by atoms with Gasteiger partial charge in [-0.2, -0.15) is 0 Å². The van der Waals surface area contributed by atoms with Crippen molar-refractivity contribution in [3.8, 4) is 11.1 Å². The second-order valence-electron chi connectivity index (χ2n) is 7.81. The molecule has 0 aliphatic rings. The van der Waals surface area contributed by atoms with Gasteiger partial charge in [-0.1, -0.05) is 37.3 Å². The fourth-order valence-corrected chi connectivity index (χ4v) is 4.38. The summed E-state index contributed by atoms with van der Waals surface area (Å²) in [5.41, 5.74) is 4.22. The Morgan fingerprint density at radius 3 is 2.03 bits per heavy atom. The van der Waals surface area contributed by atoms with Crippen LogP contribution in [0.1, 0.15) is 13.8 Å². The zero-order valence-electron chi connectivity index (χ0n) is 19.3. The number of aromatic nitrogens is 2. The first-order chi connectivity index (χ1) is 16.8. The summed E-state index contributed by atoms with van der Waals surface area (Å²) >= 11 is 0. The van der Waals surface area contributed by atoms with Gasteiger partial charge in [0.15, 0.2) is 9.84 Å². The average molecular weight is 488 g/mol. The van der Waals surface area contributed by atoms with Crippen LogP contribution >= 0.6 is 0 Å². The van der Waals surface area contributed by atoms with E-state index >= 15 is 0 Å². The highest BCUT2D eigenvalue weighted by Crippen LogP contribution is 2.26. The van der Waals surface area contributed by atoms with Crippen LogP contribution in [0.15, 0.2) is 90.1 Å². The van der Waals surface area contributed by atoms with Gasteiger partial charge in [0.1, 0.15) is 18.0 Å². The van der Waals surface area contributed by atoms with E-state index in [-0.39, 0.29) is 16.6 Å². The number of rotatable bonds is 8. The first-order valence-electron chi connectivity index (χ1n) is 11.0. The molecular formula is C26H25N5O3S. The van der Waals surface area contributed by atoms with Crippen molar-refractivity contribution >= 4 is 44.4 Å². The summed E-state index contributed by atoms with van der Waals surface area (Å²) in [6.45, 7) is 3.10. The van der Waals surface area contributed by atoms with E-state index in [9.17, 15) is 13.2 Å². The van der Waals surface area contributed by atoms with Crippen LogP contribution in [-0.2, 0) is 14.6 Å². The van der Waals surface area contributed by atoms with Crippen LogP contribution in [0.3, 0.4) is 0 Å². The third kappa shape index (κ3) is 6.21. The summed E-state index contributed by atoms with van der Waals surface area (Å²) in [6, 6.07) is 23.9. The van der Waals surface area contributed by atoms with Crippen molar-refractivity contribution in [2.45, 2.75) is 18.7 Å². The van der Waals surface area contributed by atoms with E-state index < -0.39 is 9.84 Å². The highest BCUT2D eigenvalue weighted by molar-refractivity contribution is 7.91. The van der Waals surface area contributed by atoms with Crippen molar-refractivity contribution in [1.29, 1.82) is 0 Å². The minimum atomic E-state index is -3.30. The van der Waals surface area contributed by atoms with Crippen LogP contribution in [-0.4, -0.2) is 30.0 Å². The minimum absolute atomic E-state index is 0.0382. The zero-order chi connectivity index (χ0) is 24.8. The molecule has 0 spiro atoms. The number of benzene rings is 3. The van der Waals surface area contributed by atoms with E-state index in [1.165, 1.54) is 13.3 Å². The number of carbonyl (C=O) groups excluding carboxylic acids is 1. The van der Waals surface area contributed by atoms with Gasteiger partial charge in [-0.25, -0.2) is 18.4 Å². The number of anilines is 5. The van der Waals surface area contributed by atoms with Crippen LogP contribution in [0, 0.1) is 0 Å². The number of amides is 1. The summed E-state index contributed by atoms with van der Waals surface area (Å²) in [5, 5.41) is 9.18. The highest BCUT2D eigenvalue weighted by Gasteiger charge is 2.12. The summed E-state index contributed by atoms with van der Waals surface area (Å²) in [4.78, 5) is 20.0. The summed E-state index contributed by atoms with van der Waals surface area (Å²) in [6.07, 6.45) is 1.43. The van der Waals surface area contributed by atoms with Crippen molar-refractivity contribution in [2.75, 3.05) is 21.7 Å². The zero-order valence-corrected chi connectivity index (χ0v) is 20.1. The molecule has 35 heavy (non-hydrogen) atoms. The molecule has 1 amide bonds. The van der Waals surface area contributed by atoms with Crippen molar-refractivity contribution < 1.29 is 13.2 Å². The molecule has 178 valence electrons. The quantitative estimate of drug-likeness (QED) is 0.306. The molecule has 0 fully saturated rings. The van der Waals surface area contributed by atoms with Crippen molar-refractivity contribution in [3.63, 3.8) is 0 Å². The summed E-state index contributed by atoms with van der Waals surface area (Å²) in [5.74, 6) is 1.04. The van der Waals surface area contributed by atoms with Gasteiger partial charge in [0.25, 0.3) is 0 Å². The molecule has 0 unspecified atom stereocenters. The summed E-state index contributed by atoms with van der Waals surface area (Å²) < 4.78 is 24.3. The SMILES string of the molecule is CCS(=O)(=O)c1cccc(Nc2cc(Nc3cccc(-c4ccc(NC(C)=O)cc4)c3)ncn2)c1. The Hall–Kier alpha value is -4.24. The first-order valence-corrected chi connectivity index (χ1v) is 12.6. The number of hydrogen-bond acceptors (Lipinski definition) is 7. The van der Waals surface area contributed by atoms with E-state index in [4.69, 9.17) is 0 Å². The molecule has 0 aliphatic heterocycles. The Balaban J connectivity index is 1.50. The van der Waals surface area contributed by atoms with Gasteiger partial charge in [0.2, 0.25) is 5.91 Å². The first kappa shape index (κ1) is 23.9. The molecule has 1 aromatic heterocycles. The Morgan fingerprint density at radius 2 is 1.40 bits per heavy atom. The van der Waals surface area contributed by atoms with Gasteiger partial charge < -0.3 is 16.0 Å². The van der Waals surface area contributed by atoms with E-state index in [1.54, 1.807) is 37.3 Å². The molecule has 0 saturated heterocycles. The largest absolute Gasteiger partial charge is 0.340 e. The normalized spacial score (nSPS) is 11.0. The number of hydrogen-bond donors (Lipinski definition) is 3. The van der Waals surface area contributed by atoms with Gasteiger partial charge in [-0.3, -0.25) is 4.79 Å². The molecule has 4 aromatic rings. The van der Waals surface area contributed by atoms with E-state index in [0.29, 0.717) is 17.3 Å². The van der Waals surface area contributed by atoms with E-state index in [2.05, 4.69) is 25.9 Å². The lowest BCUT2D eigenvalue weighted by Gasteiger charge is -2.11. The maximum absolute atomic E-state index is 12.2. The van der Waals surface area contributed by atoms with Crippen molar-refractivity contribution in [2.24, 2.45) is 0 Å². The molecule has 3 aromatic carbocycles. The van der Waals surface area contributed by atoms with Crippen molar-refractivity contribution in [3.05, 3.63) is 85.2 Å². The Kier molecular flexibility index (Phi) is 7.07. The monoisotopic (exact) mass is 487 g/mol. The molecular weight excluding hydrogens is 462 g/mol. The molecule has 0 saturated carbocycles. The molecule has 0 aliphatic carbocycles. The third-order valence-corrected chi connectivity index (χ3v) is 6.92. The minimum Gasteiger partial charge on any atom is -0.340 e. The molecule has 1 heterocycles. The lowest BCUT2D eigenvalue weighted by molar-refractivity contribution is -0.114. The van der Waals surface area contributed by atoms with Gasteiger partial charge in [0.05, 0.1) is 10.6 Å². The Bertz CT molecular complexity index is 1450. The lowest BCUT2D eigenvalue weighted by Crippen LogP contribution is -2.05. The van der Waals surface area contributed by atoms with Crippen molar-refractivity contribution in [1.82, 2.24) is 9.97 Å². The second-order valence-corrected chi connectivity index (χ2v) is 10.1. The lowest BCUT2D eigenvalue weighted by atomic mass is 10.0. The van der Waals surface area contributed by atoms with Gasteiger partial charge >= 0.3 is 0 Å². The van der Waals surface area contributed by atoms with Gasteiger partial charge in [0, 0.05) is 30.1 Å². The molecule has 0 atom stereocenters. The number of sulfone groups is 1. The van der Waals surface area contributed by atoms with Crippen LogP contribution in [0.2, 0.25) is 0 Å². The van der Waals surface area contributed by atoms with Gasteiger partial charge in [-0.05, 0) is 53.6 Å². The molecule has 0 radical (unpaired) electrons. The molecule has 8 nitrogen and oxygen atoms in total. The fourth-order valence-electron chi connectivity index (χ4n) is 3.45. The number of nitrogens with one attached hydrogen (secondary N) is 3. The van der Waals surface area contributed by atoms with E-state index in [0.717, 1.165) is 22.5 Å². The fraction of sp³-hybridized carbons (Fsp3) is 0.115. The molecule has 0 bridgehead atoms. The predicted molar refractivity (Wildman–Crippen MR) is 139 cm³/mol.